The minimum atomic E-state index is -0.0706. The number of nitrogens with zero attached hydrogens (tertiary/aromatic N) is 2. The van der Waals surface area contributed by atoms with Gasteiger partial charge >= 0.3 is 0 Å². The molecule has 5 heteroatoms. The van der Waals surface area contributed by atoms with E-state index in [1.807, 2.05) is 13.8 Å². The fourth-order valence-electron chi connectivity index (χ4n) is 0.882. The summed E-state index contributed by atoms with van der Waals surface area (Å²) in [6, 6.07) is 0. The highest BCUT2D eigenvalue weighted by atomic mass is 79.9. The molecule has 0 fully saturated rings. The highest BCUT2D eigenvalue weighted by Gasteiger charge is 2.17. The quantitative estimate of drug-likeness (QED) is 0.861. The molecule has 0 aliphatic rings. The SMILES string of the molecule is CCN(C)C(=O)c1n[nH]c(C)c1Br. The third-order valence-electron chi connectivity index (χ3n) is 1.90. The van der Waals surface area contributed by atoms with Gasteiger partial charge in [-0.15, -0.1) is 0 Å². The third kappa shape index (κ3) is 1.91. The second-order valence-electron chi connectivity index (χ2n) is 2.83. The van der Waals surface area contributed by atoms with Crippen LogP contribution in [-0.4, -0.2) is 34.6 Å². The minimum Gasteiger partial charge on any atom is -0.341 e. The number of aromatic amines is 1. The van der Waals surface area contributed by atoms with Gasteiger partial charge in [0, 0.05) is 19.3 Å². The Hall–Kier alpha value is -0.840. The average Bonchev–Trinajstić information content (AvgIpc) is 2.45. The minimum absolute atomic E-state index is 0.0706. The number of H-pyrrole nitrogens is 1. The molecule has 72 valence electrons. The number of carbonyl (C=O) groups excluding carboxylic acids is 1. The van der Waals surface area contributed by atoms with E-state index in [0.29, 0.717) is 12.2 Å². The smallest absolute Gasteiger partial charge is 0.275 e. The summed E-state index contributed by atoms with van der Waals surface area (Å²) < 4.78 is 0.748. The van der Waals surface area contributed by atoms with Crippen molar-refractivity contribution < 1.29 is 4.79 Å². The van der Waals surface area contributed by atoms with Crippen molar-refractivity contribution in [3.8, 4) is 0 Å². The first kappa shape index (κ1) is 10.2. The van der Waals surface area contributed by atoms with Crippen molar-refractivity contribution >= 4 is 21.8 Å². The molecule has 1 aromatic rings. The fraction of sp³-hybridized carbons (Fsp3) is 0.500. The van der Waals surface area contributed by atoms with Crippen LogP contribution in [-0.2, 0) is 0 Å². The lowest BCUT2D eigenvalue weighted by molar-refractivity contribution is 0.0796. The standard InChI is InChI=1S/C8H12BrN3O/c1-4-12(3)8(13)7-6(9)5(2)10-11-7/h4H2,1-3H3,(H,10,11). The van der Waals surface area contributed by atoms with Crippen molar-refractivity contribution in [3.63, 3.8) is 0 Å². The zero-order valence-electron chi connectivity index (χ0n) is 7.89. The first-order valence-electron chi connectivity index (χ1n) is 4.03. The molecule has 13 heavy (non-hydrogen) atoms. The van der Waals surface area contributed by atoms with Gasteiger partial charge in [0.05, 0.1) is 4.47 Å². The van der Waals surface area contributed by atoms with Crippen LogP contribution in [0.3, 0.4) is 0 Å². The fourth-order valence-corrected chi connectivity index (χ4v) is 1.23. The van der Waals surface area contributed by atoms with Gasteiger partial charge in [-0.1, -0.05) is 0 Å². The molecule has 1 N–H and O–H groups in total. The summed E-state index contributed by atoms with van der Waals surface area (Å²) in [5.41, 5.74) is 1.31. The molecule has 1 rings (SSSR count). The Bertz CT molecular complexity index is 321. The summed E-state index contributed by atoms with van der Waals surface area (Å²) in [5, 5.41) is 6.67. The molecule has 0 bridgehead atoms. The van der Waals surface area contributed by atoms with Crippen molar-refractivity contribution in [2.45, 2.75) is 13.8 Å². The van der Waals surface area contributed by atoms with Gasteiger partial charge in [-0.3, -0.25) is 9.89 Å². The molecule has 0 radical (unpaired) electrons. The van der Waals surface area contributed by atoms with Crippen LogP contribution >= 0.6 is 15.9 Å². The van der Waals surface area contributed by atoms with E-state index in [2.05, 4.69) is 26.1 Å². The zero-order chi connectivity index (χ0) is 10.0. The predicted octanol–water partition coefficient (Wildman–Crippen LogP) is 1.57. The van der Waals surface area contributed by atoms with Crippen LogP contribution in [0, 0.1) is 6.92 Å². The van der Waals surface area contributed by atoms with Crippen LogP contribution in [0.1, 0.15) is 23.1 Å². The van der Waals surface area contributed by atoms with Crippen LogP contribution in [0.25, 0.3) is 0 Å². The lowest BCUT2D eigenvalue weighted by Gasteiger charge is -2.12. The van der Waals surface area contributed by atoms with Gasteiger partial charge in [-0.25, -0.2) is 0 Å². The molecule has 1 aromatic heterocycles. The van der Waals surface area contributed by atoms with Gasteiger partial charge in [0.15, 0.2) is 5.69 Å². The van der Waals surface area contributed by atoms with Crippen LogP contribution in [0.4, 0.5) is 0 Å². The maximum absolute atomic E-state index is 11.6. The molecule has 1 amide bonds. The average molecular weight is 246 g/mol. The van der Waals surface area contributed by atoms with E-state index in [1.165, 1.54) is 0 Å². The number of aryl methyl sites for hydroxylation is 1. The number of nitrogens with one attached hydrogen (secondary N) is 1. The lowest BCUT2D eigenvalue weighted by Crippen LogP contribution is -2.26. The molecule has 4 nitrogen and oxygen atoms in total. The molecular weight excluding hydrogens is 234 g/mol. The molecule has 0 aromatic carbocycles. The van der Waals surface area contributed by atoms with Crippen LogP contribution < -0.4 is 0 Å². The number of amides is 1. The molecule has 0 saturated carbocycles. The lowest BCUT2D eigenvalue weighted by atomic mass is 10.3. The molecule has 1 heterocycles. The molecule has 0 spiro atoms. The normalized spacial score (nSPS) is 10.2. The second-order valence-corrected chi connectivity index (χ2v) is 3.62. The van der Waals surface area contributed by atoms with Crippen molar-refractivity contribution in [2.24, 2.45) is 0 Å². The maximum Gasteiger partial charge on any atom is 0.275 e. The first-order valence-corrected chi connectivity index (χ1v) is 4.83. The van der Waals surface area contributed by atoms with E-state index in [1.54, 1.807) is 11.9 Å². The monoisotopic (exact) mass is 245 g/mol. The van der Waals surface area contributed by atoms with E-state index < -0.39 is 0 Å². The molecule has 0 aliphatic heterocycles. The Labute approximate surface area is 85.4 Å². The summed E-state index contributed by atoms with van der Waals surface area (Å²) in [5.74, 6) is -0.0706. The number of rotatable bonds is 2. The Morgan fingerprint density at radius 1 is 1.69 bits per heavy atom. The van der Waals surface area contributed by atoms with E-state index in [9.17, 15) is 4.79 Å². The number of carbonyl (C=O) groups is 1. The van der Waals surface area contributed by atoms with E-state index in [0.717, 1.165) is 10.2 Å². The highest BCUT2D eigenvalue weighted by Crippen LogP contribution is 2.18. The summed E-state index contributed by atoms with van der Waals surface area (Å²) in [6.07, 6.45) is 0. The second kappa shape index (κ2) is 3.91. The topological polar surface area (TPSA) is 49.0 Å². The van der Waals surface area contributed by atoms with Gasteiger partial charge in [0.25, 0.3) is 5.91 Å². The summed E-state index contributed by atoms with van der Waals surface area (Å²) in [4.78, 5) is 13.2. The van der Waals surface area contributed by atoms with Crippen LogP contribution in [0.5, 0.6) is 0 Å². The summed E-state index contributed by atoms with van der Waals surface area (Å²) >= 11 is 3.31. The van der Waals surface area contributed by atoms with Crippen LogP contribution in [0.2, 0.25) is 0 Å². The van der Waals surface area contributed by atoms with E-state index in [-0.39, 0.29) is 5.91 Å². The summed E-state index contributed by atoms with van der Waals surface area (Å²) in [6.45, 7) is 4.46. The Balaban J connectivity index is 2.95. The number of hydrogen-bond acceptors (Lipinski definition) is 2. The first-order chi connectivity index (χ1) is 6.07. The van der Waals surface area contributed by atoms with Gasteiger partial charge in [-0.2, -0.15) is 5.10 Å². The van der Waals surface area contributed by atoms with Crippen molar-refractivity contribution in [3.05, 3.63) is 15.9 Å². The predicted molar refractivity (Wildman–Crippen MR) is 53.7 cm³/mol. The van der Waals surface area contributed by atoms with E-state index >= 15 is 0 Å². The van der Waals surface area contributed by atoms with Gasteiger partial charge in [0.2, 0.25) is 0 Å². The van der Waals surface area contributed by atoms with Gasteiger partial charge in [-0.05, 0) is 29.8 Å². The van der Waals surface area contributed by atoms with Crippen molar-refractivity contribution in [1.82, 2.24) is 15.1 Å². The molecular formula is C8H12BrN3O. The third-order valence-corrected chi connectivity index (χ3v) is 2.87. The number of hydrogen-bond donors (Lipinski definition) is 1. The molecule has 0 aliphatic carbocycles. The largest absolute Gasteiger partial charge is 0.341 e. The van der Waals surface area contributed by atoms with Gasteiger partial charge in [0.1, 0.15) is 0 Å². The molecule has 0 saturated heterocycles. The number of halogens is 1. The number of aromatic nitrogens is 2. The van der Waals surface area contributed by atoms with Crippen LogP contribution in [0.15, 0.2) is 4.47 Å². The molecule has 0 unspecified atom stereocenters. The molecule has 0 atom stereocenters. The Morgan fingerprint density at radius 2 is 2.31 bits per heavy atom. The maximum atomic E-state index is 11.6. The van der Waals surface area contributed by atoms with Crippen molar-refractivity contribution in [1.29, 1.82) is 0 Å². The van der Waals surface area contributed by atoms with Gasteiger partial charge < -0.3 is 4.90 Å². The Morgan fingerprint density at radius 3 is 2.69 bits per heavy atom. The Kier molecular flexibility index (Phi) is 3.08. The zero-order valence-corrected chi connectivity index (χ0v) is 9.47. The highest BCUT2D eigenvalue weighted by molar-refractivity contribution is 9.10. The van der Waals surface area contributed by atoms with E-state index in [4.69, 9.17) is 0 Å². The summed E-state index contributed by atoms with van der Waals surface area (Å²) in [7, 11) is 1.75. The van der Waals surface area contributed by atoms with Crippen molar-refractivity contribution in [2.75, 3.05) is 13.6 Å².